The molecule has 0 bridgehead atoms. The summed E-state index contributed by atoms with van der Waals surface area (Å²) >= 11 is 0. The second kappa shape index (κ2) is 8.67. The Morgan fingerprint density at radius 2 is 1.58 bits per heavy atom. The van der Waals surface area contributed by atoms with E-state index in [9.17, 15) is 15.0 Å². The lowest BCUT2D eigenvalue weighted by atomic mass is 10.1. The van der Waals surface area contributed by atoms with Crippen molar-refractivity contribution in [2.24, 2.45) is 0 Å². The zero-order valence-corrected chi connectivity index (χ0v) is 17.9. The number of aromatic hydroxyl groups is 2. The fourth-order valence-electron chi connectivity index (χ4n) is 4.10. The number of carbonyl (C=O) groups excluding carboxylic acids is 1. The molecule has 0 spiro atoms. The molecule has 5 rings (SSSR count). The summed E-state index contributed by atoms with van der Waals surface area (Å²) in [4.78, 5) is 18.6. The van der Waals surface area contributed by atoms with Crippen molar-refractivity contribution in [2.75, 3.05) is 6.54 Å². The van der Waals surface area contributed by atoms with Crippen molar-refractivity contribution in [3.05, 3.63) is 113 Å². The number of fused-ring (bicyclic) bond motifs is 1. The lowest BCUT2D eigenvalue weighted by Crippen LogP contribution is -2.76. The van der Waals surface area contributed by atoms with Gasteiger partial charge in [-0.2, -0.15) is 0 Å². The van der Waals surface area contributed by atoms with E-state index in [0.717, 1.165) is 33.9 Å². The van der Waals surface area contributed by atoms with Crippen LogP contribution in [0.15, 0.2) is 96.5 Å². The van der Waals surface area contributed by atoms with Crippen LogP contribution >= 0.6 is 0 Å². The highest BCUT2D eigenvalue weighted by Gasteiger charge is 2.42. The van der Waals surface area contributed by atoms with E-state index in [0.29, 0.717) is 13.0 Å². The van der Waals surface area contributed by atoms with Gasteiger partial charge in [0.25, 0.3) is 5.91 Å². The highest BCUT2D eigenvalue weighted by Crippen LogP contribution is 2.23. The van der Waals surface area contributed by atoms with Crippen LogP contribution in [0.5, 0.6) is 11.5 Å². The number of rotatable bonds is 5. The molecule has 6 nitrogen and oxygen atoms in total. The number of nitrogens with zero attached hydrogens (tertiary/aromatic N) is 1. The van der Waals surface area contributed by atoms with Crippen LogP contribution in [0.3, 0.4) is 0 Å². The monoisotopic (exact) mass is 438 g/mol. The molecular weight excluding hydrogens is 414 g/mol. The molecule has 3 aromatic carbocycles. The minimum absolute atomic E-state index is 0.00136. The number of allylic oxidation sites excluding steroid dienone is 1. The quantitative estimate of drug-likeness (QED) is 0.490. The summed E-state index contributed by atoms with van der Waals surface area (Å²) in [7, 11) is 0. The molecular formula is C27H24N3O3+. The second-order valence-electron chi connectivity index (χ2n) is 8.15. The smallest absolute Gasteiger partial charge is 0.251 e. The molecule has 2 heterocycles. The molecule has 6 heteroatoms. The average molecular weight is 439 g/mol. The summed E-state index contributed by atoms with van der Waals surface area (Å²) in [5.74, 6) is 1.15. The van der Waals surface area contributed by atoms with Crippen molar-refractivity contribution >= 4 is 17.7 Å². The van der Waals surface area contributed by atoms with Gasteiger partial charge in [0, 0.05) is 18.1 Å². The summed E-state index contributed by atoms with van der Waals surface area (Å²) in [5, 5.41) is 22.6. The number of phenolic OH excluding ortho intramolecular Hbond substituents is 2. The molecule has 2 aliphatic heterocycles. The molecule has 1 saturated heterocycles. The minimum Gasteiger partial charge on any atom is -0.508 e. The molecule has 0 saturated carbocycles. The fraction of sp³-hybridized carbons (Fsp3) is 0.111. The number of nitrogens with one attached hydrogen (secondary N) is 2. The Morgan fingerprint density at radius 1 is 0.909 bits per heavy atom. The van der Waals surface area contributed by atoms with Crippen molar-refractivity contribution in [2.45, 2.75) is 12.5 Å². The number of hydrogen-bond donors (Lipinski definition) is 4. The number of phenols is 2. The van der Waals surface area contributed by atoms with E-state index in [1.165, 1.54) is 0 Å². The Morgan fingerprint density at radius 3 is 2.27 bits per heavy atom. The lowest BCUT2D eigenvalue weighted by Gasteiger charge is -2.19. The van der Waals surface area contributed by atoms with Crippen LogP contribution in [-0.4, -0.2) is 39.3 Å². The Bertz CT molecular complexity index is 1260. The van der Waals surface area contributed by atoms with Crippen molar-refractivity contribution in [1.29, 1.82) is 0 Å². The van der Waals surface area contributed by atoms with Gasteiger partial charge in [0.2, 0.25) is 11.4 Å². The summed E-state index contributed by atoms with van der Waals surface area (Å²) in [6.45, 7) is 0.403. The summed E-state index contributed by atoms with van der Waals surface area (Å²) in [6.07, 6.45) is 4.50. The van der Waals surface area contributed by atoms with Gasteiger partial charge in [-0.25, -0.2) is 4.99 Å². The third kappa shape index (κ3) is 4.36. The van der Waals surface area contributed by atoms with E-state index in [1.807, 2.05) is 66.7 Å². The molecule has 33 heavy (non-hydrogen) atoms. The van der Waals surface area contributed by atoms with Crippen molar-refractivity contribution in [3.8, 4) is 11.5 Å². The molecule has 3 aromatic rings. The maximum Gasteiger partial charge on any atom is 0.251 e. The topological polar surface area (TPSA) is 86.8 Å². The predicted molar refractivity (Wildman–Crippen MR) is 126 cm³/mol. The van der Waals surface area contributed by atoms with Crippen LogP contribution in [0, 0.1) is 0 Å². The number of carbonyl (C=O) groups is 1. The van der Waals surface area contributed by atoms with Crippen molar-refractivity contribution < 1.29 is 20.0 Å². The molecule has 0 radical (unpaired) electrons. The predicted octanol–water partition coefficient (Wildman–Crippen LogP) is 1.91. The summed E-state index contributed by atoms with van der Waals surface area (Å²) in [6, 6.07) is 23.5. The van der Waals surface area contributed by atoms with E-state index in [-0.39, 0.29) is 17.4 Å². The minimum atomic E-state index is -0.398. The highest BCUT2D eigenvalue weighted by atomic mass is 16.3. The van der Waals surface area contributed by atoms with E-state index in [4.69, 9.17) is 0 Å². The van der Waals surface area contributed by atoms with Crippen LogP contribution in [0.1, 0.15) is 16.7 Å². The summed E-state index contributed by atoms with van der Waals surface area (Å²) < 4.78 is 0. The molecule has 1 amide bonds. The van der Waals surface area contributed by atoms with Gasteiger partial charge in [0.1, 0.15) is 24.1 Å². The van der Waals surface area contributed by atoms with E-state index >= 15 is 0 Å². The van der Waals surface area contributed by atoms with Crippen molar-refractivity contribution in [3.63, 3.8) is 0 Å². The fourth-order valence-corrected chi connectivity index (χ4v) is 4.10. The molecule has 1 fully saturated rings. The molecule has 1 unspecified atom stereocenters. The molecule has 4 N–H and O–H groups in total. The molecule has 1 atom stereocenters. The van der Waals surface area contributed by atoms with E-state index in [2.05, 4.69) is 10.3 Å². The van der Waals surface area contributed by atoms with Gasteiger partial charge in [-0.05, 0) is 53.6 Å². The van der Waals surface area contributed by atoms with Gasteiger partial charge in [0.15, 0.2) is 5.82 Å². The second-order valence-corrected chi connectivity index (χ2v) is 8.15. The summed E-state index contributed by atoms with van der Waals surface area (Å²) in [5.41, 5.74) is 4.62. The Hall–Kier alpha value is -4.32. The first kappa shape index (κ1) is 20.6. The van der Waals surface area contributed by atoms with Gasteiger partial charge in [-0.3, -0.25) is 9.69 Å². The molecule has 2 aliphatic rings. The largest absolute Gasteiger partial charge is 0.508 e. The first-order chi connectivity index (χ1) is 16.1. The van der Waals surface area contributed by atoms with Gasteiger partial charge in [-0.1, -0.05) is 42.5 Å². The molecule has 0 aromatic heterocycles. The van der Waals surface area contributed by atoms with Crippen LogP contribution < -0.4 is 10.3 Å². The zero-order valence-electron chi connectivity index (χ0n) is 17.9. The number of hydrogen-bond acceptors (Lipinski definition) is 4. The molecule has 164 valence electrons. The van der Waals surface area contributed by atoms with Crippen LogP contribution in [0.4, 0.5) is 0 Å². The highest BCUT2D eigenvalue weighted by molar-refractivity contribution is 6.02. The number of amides is 1. The van der Waals surface area contributed by atoms with Gasteiger partial charge >= 0.3 is 0 Å². The van der Waals surface area contributed by atoms with Gasteiger partial charge in [0.05, 0.1) is 0 Å². The third-order valence-electron chi connectivity index (χ3n) is 5.84. The Balaban J connectivity index is 1.48. The van der Waals surface area contributed by atoms with E-state index < -0.39 is 6.04 Å². The van der Waals surface area contributed by atoms with Crippen LogP contribution in [0.25, 0.3) is 6.08 Å². The molecule has 0 aliphatic carbocycles. The standard InChI is InChI=1S/C27H23N3O3/c31-21-11-6-19(7-12-21)16-24-27(33)30-17-25(20-9-13-22(32)14-10-20)28-23(26(30)29-24)15-8-18-4-2-1-3-5-18/h1-15,24,29,31-32H,16-17H2/p+1. The Labute approximate surface area is 191 Å². The normalized spacial score (nSPS) is 17.8. The van der Waals surface area contributed by atoms with E-state index in [1.54, 1.807) is 29.2 Å². The number of benzene rings is 3. The first-order valence-electron chi connectivity index (χ1n) is 10.8. The first-order valence-corrected chi connectivity index (χ1v) is 10.8. The lowest BCUT2D eigenvalue weighted by molar-refractivity contribution is -0.397. The zero-order chi connectivity index (χ0) is 22.8. The van der Waals surface area contributed by atoms with Gasteiger partial charge < -0.3 is 15.5 Å². The van der Waals surface area contributed by atoms with Gasteiger partial charge in [-0.15, -0.1) is 0 Å². The van der Waals surface area contributed by atoms with Crippen LogP contribution in [-0.2, 0) is 11.2 Å². The van der Waals surface area contributed by atoms with Crippen LogP contribution in [0.2, 0.25) is 0 Å². The third-order valence-corrected chi connectivity index (χ3v) is 5.84. The maximum atomic E-state index is 13.3. The SMILES string of the molecule is O=C1C(Cc2ccc(O)cc2)NC2=C(C=Cc3ccccc3)[NH+]=C(c3ccc(O)cc3)CN12. The average Bonchev–Trinajstić information content (AvgIpc) is 3.15. The van der Waals surface area contributed by atoms with Crippen molar-refractivity contribution in [1.82, 2.24) is 10.2 Å². The Kier molecular flexibility index (Phi) is 5.40. The maximum absolute atomic E-state index is 13.3.